The Hall–Kier alpha value is -1.98. The molecule has 0 aliphatic carbocycles. The fourth-order valence-corrected chi connectivity index (χ4v) is 3.07. The van der Waals surface area contributed by atoms with Gasteiger partial charge in [-0.05, 0) is 31.2 Å². The molecule has 0 fully saturated rings. The van der Waals surface area contributed by atoms with Crippen molar-refractivity contribution >= 4 is 11.3 Å². The highest BCUT2D eigenvalue weighted by atomic mass is 32.1. The Kier molecular flexibility index (Phi) is 4.13. The number of nitrogens with zero attached hydrogens (tertiary/aromatic N) is 3. The van der Waals surface area contributed by atoms with Crippen LogP contribution in [0.4, 0.5) is 0 Å². The zero-order valence-corrected chi connectivity index (χ0v) is 13.0. The largest absolute Gasteiger partial charge is 0.293 e. The number of aromatic amines is 1. The zero-order valence-electron chi connectivity index (χ0n) is 12.2. The SMILES string of the molecule is C[C@H](c1nccs1)N(C)Cc1cccc(-c2cn[nH]c2)c1. The second kappa shape index (κ2) is 6.20. The minimum absolute atomic E-state index is 0.322. The van der Waals surface area contributed by atoms with Crippen molar-refractivity contribution in [2.24, 2.45) is 0 Å². The molecule has 2 aromatic heterocycles. The predicted octanol–water partition coefficient (Wildman–Crippen LogP) is 3.73. The molecule has 1 atom stereocenters. The summed E-state index contributed by atoms with van der Waals surface area (Å²) in [5, 5.41) is 10.0. The molecule has 21 heavy (non-hydrogen) atoms. The third-order valence-corrected chi connectivity index (χ3v) is 4.61. The van der Waals surface area contributed by atoms with Gasteiger partial charge in [0.1, 0.15) is 5.01 Å². The van der Waals surface area contributed by atoms with E-state index in [-0.39, 0.29) is 0 Å². The summed E-state index contributed by atoms with van der Waals surface area (Å²) in [4.78, 5) is 6.71. The molecule has 4 nitrogen and oxygen atoms in total. The van der Waals surface area contributed by atoms with E-state index in [1.54, 1.807) is 11.3 Å². The molecule has 3 aromatic rings. The van der Waals surface area contributed by atoms with E-state index in [2.05, 4.69) is 58.3 Å². The maximum Gasteiger partial charge on any atom is 0.109 e. The highest BCUT2D eigenvalue weighted by Crippen LogP contribution is 2.24. The van der Waals surface area contributed by atoms with Crippen LogP contribution in [0, 0.1) is 0 Å². The maximum absolute atomic E-state index is 4.40. The number of nitrogens with one attached hydrogen (secondary N) is 1. The van der Waals surface area contributed by atoms with E-state index in [0.29, 0.717) is 6.04 Å². The zero-order chi connectivity index (χ0) is 14.7. The van der Waals surface area contributed by atoms with E-state index in [9.17, 15) is 0 Å². The van der Waals surface area contributed by atoms with E-state index in [1.807, 2.05) is 24.0 Å². The van der Waals surface area contributed by atoms with Gasteiger partial charge in [-0.25, -0.2) is 4.98 Å². The fourth-order valence-electron chi connectivity index (χ4n) is 2.31. The fraction of sp³-hybridized carbons (Fsp3) is 0.250. The van der Waals surface area contributed by atoms with Crippen LogP contribution in [0.5, 0.6) is 0 Å². The van der Waals surface area contributed by atoms with Gasteiger partial charge < -0.3 is 0 Å². The lowest BCUT2D eigenvalue weighted by Gasteiger charge is -2.23. The smallest absolute Gasteiger partial charge is 0.109 e. The highest BCUT2D eigenvalue weighted by molar-refractivity contribution is 7.09. The Morgan fingerprint density at radius 3 is 2.95 bits per heavy atom. The van der Waals surface area contributed by atoms with Crippen LogP contribution in [0.15, 0.2) is 48.2 Å². The summed E-state index contributed by atoms with van der Waals surface area (Å²) in [5.74, 6) is 0. The topological polar surface area (TPSA) is 44.8 Å². The lowest BCUT2D eigenvalue weighted by atomic mass is 10.1. The molecule has 0 radical (unpaired) electrons. The maximum atomic E-state index is 4.40. The number of aromatic nitrogens is 3. The van der Waals surface area contributed by atoms with Crippen LogP contribution in [0.3, 0.4) is 0 Å². The third kappa shape index (κ3) is 3.20. The Balaban J connectivity index is 1.74. The Bertz CT molecular complexity index is 676. The summed E-state index contributed by atoms with van der Waals surface area (Å²) >= 11 is 1.71. The van der Waals surface area contributed by atoms with Gasteiger partial charge in [-0.2, -0.15) is 5.10 Å². The molecule has 0 aliphatic heterocycles. The molecule has 0 unspecified atom stereocenters. The number of H-pyrrole nitrogens is 1. The van der Waals surface area contributed by atoms with E-state index in [1.165, 1.54) is 11.1 Å². The molecule has 5 heteroatoms. The number of benzene rings is 1. The quantitative estimate of drug-likeness (QED) is 0.780. The first-order valence-corrected chi connectivity index (χ1v) is 7.80. The second-order valence-corrected chi connectivity index (χ2v) is 6.07. The first kappa shape index (κ1) is 14.0. The normalized spacial score (nSPS) is 12.7. The van der Waals surface area contributed by atoms with Gasteiger partial charge in [-0.1, -0.05) is 18.2 Å². The molecule has 2 heterocycles. The van der Waals surface area contributed by atoms with Crippen molar-refractivity contribution in [2.75, 3.05) is 7.05 Å². The van der Waals surface area contributed by atoms with Crippen molar-refractivity contribution in [3.63, 3.8) is 0 Å². The summed E-state index contributed by atoms with van der Waals surface area (Å²) < 4.78 is 0. The summed E-state index contributed by atoms with van der Waals surface area (Å²) in [5.41, 5.74) is 3.60. The first-order chi connectivity index (χ1) is 10.2. The molecule has 3 rings (SSSR count). The van der Waals surface area contributed by atoms with E-state index < -0.39 is 0 Å². The van der Waals surface area contributed by atoms with Crippen molar-refractivity contribution in [1.82, 2.24) is 20.1 Å². The molecule has 1 N–H and O–H groups in total. The number of thiazole rings is 1. The lowest BCUT2D eigenvalue weighted by molar-refractivity contribution is 0.252. The van der Waals surface area contributed by atoms with Crippen LogP contribution in [0.2, 0.25) is 0 Å². The standard InChI is InChI=1S/C16H18N4S/c1-12(16-17-6-7-21-16)20(2)11-13-4-3-5-14(8-13)15-9-18-19-10-15/h3-10,12H,11H2,1-2H3,(H,18,19)/t12-/m1/s1. The predicted molar refractivity (Wildman–Crippen MR) is 86.0 cm³/mol. The summed E-state index contributed by atoms with van der Waals surface area (Å²) in [7, 11) is 2.14. The average Bonchev–Trinajstić information content (AvgIpc) is 3.20. The Labute approximate surface area is 128 Å². The lowest BCUT2D eigenvalue weighted by Crippen LogP contribution is -2.21. The monoisotopic (exact) mass is 298 g/mol. The molecule has 108 valence electrons. The summed E-state index contributed by atoms with van der Waals surface area (Å²) in [6, 6.07) is 8.91. The van der Waals surface area contributed by atoms with Crippen LogP contribution >= 0.6 is 11.3 Å². The second-order valence-electron chi connectivity index (χ2n) is 5.15. The van der Waals surface area contributed by atoms with Gasteiger partial charge in [0, 0.05) is 29.9 Å². The minimum atomic E-state index is 0.322. The van der Waals surface area contributed by atoms with E-state index in [4.69, 9.17) is 0 Å². The van der Waals surface area contributed by atoms with Crippen LogP contribution in [-0.2, 0) is 6.54 Å². The van der Waals surface area contributed by atoms with Gasteiger partial charge in [0.2, 0.25) is 0 Å². The number of rotatable bonds is 5. The average molecular weight is 298 g/mol. The van der Waals surface area contributed by atoms with Crippen molar-refractivity contribution < 1.29 is 0 Å². The molecule has 0 saturated heterocycles. The first-order valence-electron chi connectivity index (χ1n) is 6.92. The Morgan fingerprint density at radius 1 is 1.33 bits per heavy atom. The third-order valence-electron chi connectivity index (χ3n) is 3.66. The van der Waals surface area contributed by atoms with Gasteiger partial charge in [-0.15, -0.1) is 11.3 Å². The number of hydrogen-bond acceptors (Lipinski definition) is 4. The Morgan fingerprint density at radius 2 is 2.24 bits per heavy atom. The van der Waals surface area contributed by atoms with Gasteiger partial charge in [0.15, 0.2) is 0 Å². The molecular weight excluding hydrogens is 280 g/mol. The molecular formula is C16H18N4S. The molecule has 0 aliphatic rings. The molecule has 1 aromatic carbocycles. The van der Waals surface area contributed by atoms with E-state index >= 15 is 0 Å². The van der Waals surface area contributed by atoms with Crippen molar-refractivity contribution in [3.05, 3.63) is 58.8 Å². The summed E-state index contributed by atoms with van der Waals surface area (Å²) in [6.45, 7) is 3.09. The molecule has 0 spiro atoms. The van der Waals surface area contributed by atoms with Crippen LogP contribution in [0.1, 0.15) is 23.5 Å². The van der Waals surface area contributed by atoms with Gasteiger partial charge >= 0.3 is 0 Å². The number of hydrogen-bond donors (Lipinski definition) is 1. The molecule has 0 amide bonds. The minimum Gasteiger partial charge on any atom is -0.293 e. The van der Waals surface area contributed by atoms with Gasteiger partial charge in [0.05, 0.1) is 12.2 Å². The molecule has 0 saturated carbocycles. The van der Waals surface area contributed by atoms with Crippen molar-refractivity contribution in [3.8, 4) is 11.1 Å². The van der Waals surface area contributed by atoms with E-state index in [0.717, 1.165) is 17.1 Å². The van der Waals surface area contributed by atoms with Gasteiger partial charge in [-0.3, -0.25) is 10.00 Å². The van der Waals surface area contributed by atoms with Crippen LogP contribution in [-0.4, -0.2) is 27.1 Å². The highest BCUT2D eigenvalue weighted by Gasteiger charge is 2.14. The van der Waals surface area contributed by atoms with Crippen molar-refractivity contribution in [2.45, 2.75) is 19.5 Å². The van der Waals surface area contributed by atoms with Crippen molar-refractivity contribution in [1.29, 1.82) is 0 Å². The van der Waals surface area contributed by atoms with Crippen LogP contribution < -0.4 is 0 Å². The molecule has 0 bridgehead atoms. The summed E-state index contributed by atoms with van der Waals surface area (Å²) in [6.07, 6.45) is 5.63. The van der Waals surface area contributed by atoms with Gasteiger partial charge in [0.25, 0.3) is 0 Å². The van der Waals surface area contributed by atoms with Crippen LogP contribution in [0.25, 0.3) is 11.1 Å².